The van der Waals surface area contributed by atoms with Crippen molar-refractivity contribution in [3.8, 4) is 0 Å². The van der Waals surface area contributed by atoms with Crippen LogP contribution in [0.5, 0.6) is 0 Å². The van der Waals surface area contributed by atoms with E-state index < -0.39 is 11.8 Å². The van der Waals surface area contributed by atoms with Crippen molar-refractivity contribution in [2.45, 2.75) is 70.3 Å². The maximum atomic E-state index is 11.7. The van der Waals surface area contributed by atoms with Crippen molar-refractivity contribution < 1.29 is 9.59 Å². The first-order valence-corrected chi connectivity index (χ1v) is 7.42. The fourth-order valence-corrected chi connectivity index (χ4v) is 2.75. The maximum absolute atomic E-state index is 11.7. The average molecular weight is 265 g/mol. The summed E-state index contributed by atoms with van der Waals surface area (Å²) in [5, 5.41) is 6.84. The minimum atomic E-state index is -0.636. The predicted octanol–water partition coefficient (Wildman–Crippen LogP) is 1.87. The summed E-state index contributed by atoms with van der Waals surface area (Å²) >= 11 is 0. The van der Waals surface area contributed by atoms with Crippen molar-refractivity contribution in [3.05, 3.63) is 0 Å². The Balaban J connectivity index is 1.73. The van der Waals surface area contributed by atoms with Crippen LogP contribution in [0.2, 0.25) is 0 Å². The summed E-state index contributed by atoms with van der Waals surface area (Å²) in [4.78, 5) is 23.3. The van der Waals surface area contributed by atoms with E-state index in [0.717, 1.165) is 57.1 Å². The summed E-state index contributed by atoms with van der Waals surface area (Å²) in [6.45, 7) is 0. The van der Waals surface area contributed by atoms with Crippen LogP contribution in [-0.2, 0) is 9.59 Å². The van der Waals surface area contributed by atoms with Gasteiger partial charge in [0.15, 0.2) is 0 Å². The molecule has 5 heteroatoms. The molecule has 19 heavy (non-hydrogen) atoms. The minimum absolute atomic E-state index is 0.161. The van der Waals surface area contributed by atoms with E-state index >= 15 is 0 Å². The molecule has 0 radical (unpaired) electrons. The smallest absolute Gasteiger partial charge is 0.329 e. The number of nitrogens with zero attached hydrogens (tertiary/aromatic N) is 1. The van der Waals surface area contributed by atoms with Crippen molar-refractivity contribution in [3.63, 3.8) is 0 Å². The summed E-state index contributed by atoms with van der Waals surface area (Å²) in [5.41, 5.74) is 3.38. The van der Waals surface area contributed by atoms with Gasteiger partial charge in [-0.1, -0.05) is 25.7 Å². The zero-order valence-corrected chi connectivity index (χ0v) is 11.4. The predicted molar refractivity (Wildman–Crippen MR) is 73.7 cm³/mol. The van der Waals surface area contributed by atoms with Crippen molar-refractivity contribution >= 4 is 17.5 Å². The molecule has 2 aliphatic rings. The largest absolute Gasteiger partial charge is 0.345 e. The Bertz CT molecular complexity index is 352. The second-order valence-corrected chi connectivity index (χ2v) is 5.49. The Kier molecular flexibility index (Phi) is 5.36. The Morgan fingerprint density at radius 3 is 2.21 bits per heavy atom. The molecule has 0 saturated heterocycles. The van der Waals surface area contributed by atoms with E-state index in [0.29, 0.717) is 0 Å². The average Bonchev–Trinajstić information content (AvgIpc) is 2.47. The molecule has 0 aromatic carbocycles. The Hall–Kier alpha value is -1.39. The lowest BCUT2D eigenvalue weighted by Gasteiger charge is -2.22. The van der Waals surface area contributed by atoms with Crippen molar-refractivity contribution in [1.29, 1.82) is 0 Å². The first-order valence-electron chi connectivity index (χ1n) is 7.42. The molecule has 0 spiro atoms. The van der Waals surface area contributed by atoms with Gasteiger partial charge in [0.2, 0.25) is 0 Å². The number of nitrogens with one attached hydrogen (secondary N) is 2. The monoisotopic (exact) mass is 265 g/mol. The highest BCUT2D eigenvalue weighted by atomic mass is 16.2. The second-order valence-electron chi connectivity index (χ2n) is 5.49. The number of hydrogen-bond acceptors (Lipinski definition) is 3. The third-order valence-corrected chi connectivity index (χ3v) is 3.89. The zero-order valence-electron chi connectivity index (χ0n) is 11.4. The van der Waals surface area contributed by atoms with E-state index in [1.807, 2.05) is 0 Å². The second kappa shape index (κ2) is 7.26. The van der Waals surface area contributed by atoms with Gasteiger partial charge in [-0.25, -0.2) is 5.43 Å². The summed E-state index contributed by atoms with van der Waals surface area (Å²) in [7, 11) is 0. The van der Waals surface area contributed by atoms with E-state index in [1.54, 1.807) is 0 Å². The van der Waals surface area contributed by atoms with Crippen LogP contribution in [0.25, 0.3) is 0 Å². The summed E-state index contributed by atoms with van der Waals surface area (Å²) in [6, 6.07) is 0.161. The van der Waals surface area contributed by atoms with E-state index in [2.05, 4.69) is 15.8 Å². The van der Waals surface area contributed by atoms with Crippen molar-refractivity contribution in [2.24, 2.45) is 5.10 Å². The summed E-state index contributed by atoms with van der Waals surface area (Å²) in [5.74, 6) is -1.18. The molecule has 106 valence electrons. The van der Waals surface area contributed by atoms with E-state index in [-0.39, 0.29) is 6.04 Å². The Morgan fingerprint density at radius 2 is 1.53 bits per heavy atom. The molecule has 0 heterocycles. The fourth-order valence-electron chi connectivity index (χ4n) is 2.75. The highest BCUT2D eigenvalue weighted by Gasteiger charge is 2.20. The number of carbonyl (C=O) groups is 2. The van der Waals surface area contributed by atoms with Gasteiger partial charge in [0, 0.05) is 11.8 Å². The maximum Gasteiger partial charge on any atom is 0.329 e. The molecule has 0 bridgehead atoms. The van der Waals surface area contributed by atoms with Gasteiger partial charge >= 0.3 is 11.8 Å². The van der Waals surface area contributed by atoms with Crippen LogP contribution in [0.15, 0.2) is 5.10 Å². The standard InChI is InChI=1S/C14H23N3O2/c18-13(15-11-7-3-1-4-8-11)14(19)17-16-12-9-5-2-6-10-12/h11H,1-10H2,(H,15,18)(H,17,19). The summed E-state index contributed by atoms with van der Waals surface area (Å²) < 4.78 is 0. The quantitative estimate of drug-likeness (QED) is 0.591. The lowest BCUT2D eigenvalue weighted by Crippen LogP contribution is -2.44. The van der Waals surface area contributed by atoms with Gasteiger partial charge in [0.25, 0.3) is 0 Å². The SMILES string of the molecule is O=C(NN=C1CCCCC1)C(=O)NC1CCCCC1. The van der Waals surface area contributed by atoms with Crippen LogP contribution in [-0.4, -0.2) is 23.6 Å². The third kappa shape index (κ3) is 4.65. The van der Waals surface area contributed by atoms with Gasteiger partial charge in [-0.05, 0) is 38.5 Å². The van der Waals surface area contributed by atoms with Gasteiger partial charge in [-0.3, -0.25) is 9.59 Å². The Labute approximate surface area is 114 Å². The van der Waals surface area contributed by atoms with E-state index in [4.69, 9.17) is 0 Å². The lowest BCUT2D eigenvalue weighted by atomic mass is 9.95. The van der Waals surface area contributed by atoms with E-state index in [1.165, 1.54) is 12.8 Å². The molecule has 0 aromatic heterocycles. The highest BCUT2D eigenvalue weighted by Crippen LogP contribution is 2.17. The van der Waals surface area contributed by atoms with Crippen LogP contribution >= 0.6 is 0 Å². The number of hydrazone groups is 1. The molecule has 2 fully saturated rings. The molecule has 0 atom stereocenters. The topological polar surface area (TPSA) is 70.6 Å². The van der Waals surface area contributed by atoms with Gasteiger partial charge in [-0.2, -0.15) is 5.10 Å². The number of rotatable bonds is 2. The molecule has 0 unspecified atom stereocenters. The van der Waals surface area contributed by atoms with E-state index in [9.17, 15) is 9.59 Å². The molecule has 2 rings (SSSR count). The first-order chi connectivity index (χ1) is 9.25. The molecule has 0 aromatic rings. The molecule has 2 amide bonds. The van der Waals surface area contributed by atoms with Crippen LogP contribution in [0.4, 0.5) is 0 Å². The zero-order chi connectivity index (χ0) is 13.5. The van der Waals surface area contributed by atoms with Crippen molar-refractivity contribution in [2.75, 3.05) is 0 Å². The van der Waals surface area contributed by atoms with Crippen LogP contribution in [0.1, 0.15) is 64.2 Å². The van der Waals surface area contributed by atoms with Crippen LogP contribution < -0.4 is 10.7 Å². The molecular formula is C14H23N3O2. The first kappa shape index (κ1) is 14.0. The molecule has 2 N–H and O–H groups in total. The number of amides is 2. The number of carbonyl (C=O) groups excluding carboxylic acids is 2. The summed E-state index contributed by atoms with van der Waals surface area (Å²) in [6.07, 6.45) is 10.8. The van der Waals surface area contributed by atoms with Crippen molar-refractivity contribution in [1.82, 2.24) is 10.7 Å². The highest BCUT2D eigenvalue weighted by molar-refractivity contribution is 6.35. The van der Waals surface area contributed by atoms with Gasteiger partial charge in [0.05, 0.1) is 0 Å². The van der Waals surface area contributed by atoms with Crippen LogP contribution in [0.3, 0.4) is 0 Å². The molecular weight excluding hydrogens is 242 g/mol. The van der Waals surface area contributed by atoms with Crippen LogP contribution in [0, 0.1) is 0 Å². The molecule has 2 aliphatic carbocycles. The molecule has 5 nitrogen and oxygen atoms in total. The van der Waals surface area contributed by atoms with Gasteiger partial charge in [0.1, 0.15) is 0 Å². The van der Waals surface area contributed by atoms with Gasteiger partial charge in [-0.15, -0.1) is 0 Å². The Morgan fingerprint density at radius 1 is 0.895 bits per heavy atom. The fraction of sp³-hybridized carbons (Fsp3) is 0.786. The minimum Gasteiger partial charge on any atom is -0.345 e. The van der Waals surface area contributed by atoms with Gasteiger partial charge < -0.3 is 5.32 Å². The number of hydrogen-bond donors (Lipinski definition) is 2. The molecule has 2 saturated carbocycles. The molecule has 0 aliphatic heterocycles. The third-order valence-electron chi connectivity index (χ3n) is 3.89. The normalized spacial score (nSPS) is 20.7. The lowest BCUT2D eigenvalue weighted by molar-refractivity contribution is -0.139.